The van der Waals surface area contributed by atoms with Gasteiger partial charge >= 0.3 is 6.16 Å². The van der Waals surface area contributed by atoms with E-state index < -0.39 is 6.16 Å². The average molecular weight is 246 g/mol. The van der Waals surface area contributed by atoms with Crippen molar-refractivity contribution < 1.29 is 14.6 Å². The van der Waals surface area contributed by atoms with Crippen LogP contribution in [0.5, 0.6) is 0 Å². The predicted molar refractivity (Wildman–Crippen MR) is 70.1 cm³/mol. The highest BCUT2D eigenvalue weighted by atomic mass is 28.2. The molecule has 0 bridgehead atoms. The highest BCUT2D eigenvalue weighted by Crippen LogP contribution is 2.33. The van der Waals surface area contributed by atoms with Crippen LogP contribution in [0.15, 0.2) is 0 Å². The molecule has 0 heterocycles. The quantitative estimate of drug-likeness (QED) is 0.405. The van der Waals surface area contributed by atoms with Crippen LogP contribution in [0.4, 0.5) is 4.79 Å². The highest BCUT2D eigenvalue weighted by molar-refractivity contribution is 6.41. The molecule has 0 aliphatic carbocycles. The van der Waals surface area contributed by atoms with Crippen molar-refractivity contribution in [3.05, 3.63) is 0 Å². The number of carbonyl (C=O) groups is 1. The summed E-state index contributed by atoms with van der Waals surface area (Å²) in [5.74, 6) is 0. The SMILES string of the molecule is CC(C)[SiH2]C(C)(C)CCCCCOC(=O)O. The Bertz CT molecular complexity index is 202. The Labute approximate surface area is 101 Å². The molecular formula is C12H26O3Si. The van der Waals surface area contributed by atoms with Gasteiger partial charge in [-0.1, -0.05) is 52.5 Å². The van der Waals surface area contributed by atoms with Crippen LogP contribution in [0.3, 0.4) is 0 Å². The zero-order valence-corrected chi connectivity index (χ0v) is 12.5. The maximum Gasteiger partial charge on any atom is 0.505 e. The lowest BCUT2D eigenvalue weighted by Gasteiger charge is -2.26. The first-order valence-electron chi connectivity index (χ1n) is 6.19. The lowest BCUT2D eigenvalue weighted by molar-refractivity contribution is 0.0899. The molecule has 0 atom stereocenters. The van der Waals surface area contributed by atoms with E-state index in [4.69, 9.17) is 5.11 Å². The molecular weight excluding hydrogens is 220 g/mol. The zero-order chi connectivity index (χ0) is 12.6. The lowest BCUT2D eigenvalue weighted by atomic mass is 10.0. The Kier molecular flexibility index (Phi) is 7.46. The standard InChI is InChI=1S/C12H26O3Si/c1-10(2)16-12(3,4)8-6-5-7-9-15-11(13)14/h10H,5-9,16H2,1-4H3,(H,13,14). The molecule has 0 aliphatic heterocycles. The van der Waals surface area contributed by atoms with Gasteiger partial charge in [0.2, 0.25) is 0 Å². The minimum atomic E-state index is -1.16. The summed E-state index contributed by atoms with van der Waals surface area (Å²) in [7, 11) is -0.00370. The maximum atomic E-state index is 10.1. The van der Waals surface area contributed by atoms with Gasteiger partial charge in [0.05, 0.1) is 6.61 Å². The molecule has 0 aliphatic rings. The second-order valence-electron chi connectivity index (χ2n) is 5.69. The van der Waals surface area contributed by atoms with Crippen LogP contribution < -0.4 is 0 Å². The molecule has 0 rings (SSSR count). The zero-order valence-electron chi connectivity index (χ0n) is 11.1. The number of unbranched alkanes of at least 4 members (excludes halogenated alkanes) is 2. The van der Waals surface area contributed by atoms with Crippen molar-refractivity contribution in [1.82, 2.24) is 0 Å². The van der Waals surface area contributed by atoms with Gasteiger partial charge in [-0.3, -0.25) is 0 Å². The first kappa shape index (κ1) is 15.5. The summed E-state index contributed by atoms with van der Waals surface area (Å²) in [6.45, 7) is 9.71. The molecule has 0 aromatic rings. The van der Waals surface area contributed by atoms with Gasteiger partial charge in [-0.05, 0) is 11.5 Å². The van der Waals surface area contributed by atoms with Crippen LogP contribution in [-0.2, 0) is 4.74 Å². The van der Waals surface area contributed by atoms with E-state index in [1.54, 1.807) is 0 Å². The number of ether oxygens (including phenoxy) is 1. The van der Waals surface area contributed by atoms with Gasteiger partial charge in [-0.25, -0.2) is 4.79 Å². The molecule has 16 heavy (non-hydrogen) atoms. The molecule has 3 nitrogen and oxygen atoms in total. The summed E-state index contributed by atoms with van der Waals surface area (Å²) in [6.07, 6.45) is 3.22. The van der Waals surface area contributed by atoms with Gasteiger partial charge in [0.1, 0.15) is 0 Å². The van der Waals surface area contributed by atoms with E-state index in [9.17, 15) is 4.79 Å². The fourth-order valence-corrected chi connectivity index (χ4v) is 4.91. The molecule has 0 unspecified atom stereocenters. The van der Waals surface area contributed by atoms with E-state index in [1.165, 1.54) is 12.8 Å². The van der Waals surface area contributed by atoms with Gasteiger partial charge in [-0.2, -0.15) is 0 Å². The highest BCUT2D eigenvalue weighted by Gasteiger charge is 2.19. The second kappa shape index (κ2) is 7.71. The Hall–Kier alpha value is -0.513. The molecule has 0 aromatic heterocycles. The van der Waals surface area contributed by atoms with Crippen LogP contribution in [0.1, 0.15) is 53.4 Å². The third-order valence-electron chi connectivity index (χ3n) is 2.68. The van der Waals surface area contributed by atoms with Crippen molar-refractivity contribution in [2.24, 2.45) is 0 Å². The summed E-state index contributed by atoms with van der Waals surface area (Å²) in [4.78, 5) is 10.1. The molecule has 4 heteroatoms. The van der Waals surface area contributed by atoms with E-state index >= 15 is 0 Å². The molecule has 96 valence electrons. The molecule has 0 saturated heterocycles. The average Bonchev–Trinajstić information content (AvgIpc) is 2.08. The van der Waals surface area contributed by atoms with Gasteiger partial charge in [0.25, 0.3) is 0 Å². The normalized spacial score (nSPS) is 12.6. The first-order valence-corrected chi connectivity index (χ1v) is 7.71. The third kappa shape index (κ3) is 10.0. The molecule has 1 N–H and O–H groups in total. The summed E-state index contributed by atoms with van der Waals surface area (Å²) in [5.41, 5.74) is 0.880. The smallest absolute Gasteiger partial charge is 0.450 e. The summed E-state index contributed by atoms with van der Waals surface area (Å²) in [5, 5.41) is 8.83. The fourth-order valence-electron chi connectivity index (χ4n) is 2.25. The summed E-state index contributed by atoms with van der Waals surface area (Å²) in [6, 6.07) is 0. The van der Waals surface area contributed by atoms with Crippen molar-refractivity contribution in [2.45, 2.75) is 64.0 Å². The second-order valence-corrected chi connectivity index (χ2v) is 9.64. The minimum Gasteiger partial charge on any atom is -0.450 e. The Morgan fingerprint density at radius 2 is 1.94 bits per heavy atom. The summed E-state index contributed by atoms with van der Waals surface area (Å²) >= 11 is 0. The van der Waals surface area contributed by atoms with Crippen molar-refractivity contribution in [3.8, 4) is 0 Å². The number of hydrogen-bond acceptors (Lipinski definition) is 2. The summed E-state index contributed by atoms with van der Waals surface area (Å²) < 4.78 is 4.46. The van der Waals surface area contributed by atoms with Gasteiger partial charge < -0.3 is 9.84 Å². The van der Waals surface area contributed by atoms with E-state index in [0.717, 1.165) is 18.4 Å². The van der Waals surface area contributed by atoms with Crippen LogP contribution >= 0.6 is 0 Å². The minimum absolute atomic E-state index is 0.00370. The number of hydrogen-bond donors (Lipinski definition) is 1. The van der Waals surface area contributed by atoms with Crippen molar-refractivity contribution >= 4 is 15.7 Å². The molecule has 0 aromatic carbocycles. The largest absolute Gasteiger partial charge is 0.505 e. The Morgan fingerprint density at radius 1 is 1.31 bits per heavy atom. The molecule has 0 fully saturated rings. The topological polar surface area (TPSA) is 46.5 Å². The van der Waals surface area contributed by atoms with Gasteiger partial charge in [-0.15, -0.1) is 0 Å². The fraction of sp³-hybridized carbons (Fsp3) is 0.917. The van der Waals surface area contributed by atoms with Crippen LogP contribution in [0.25, 0.3) is 0 Å². The van der Waals surface area contributed by atoms with Crippen molar-refractivity contribution in [3.63, 3.8) is 0 Å². The molecule has 0 amide bonds. The third-order valence-corrected chi connectivity index (χ3v) is 4.96. The predicted octanol–water partition coefficient (Wildman–Crippen LogP) is 3.44. The van der Waals surface area contributed by atoms with Crippen LogP contribution in [0.2, 0.25) is 10.6 Å². The van der Waals surface area contributed by atoms with Crippen LogP contribution in [0, 0.1) is 0 Å². The van der Waals surface area contributed by atoms with Crippen molar-refractivity contribution in [1.29, 1.82) is 0 Å². The van der Waals surface area contributed by atoms with E-state index in [2.05, 4.69) is 32.4 Å². The van der Waals surface area contributed by atoms with Crippen LogP contribution in [-0.4, -0.2) is 27.4 Å². The molecule has 0 spiro atoms. The van der Waals surface area contributed by atoms with Gasteiger partial charge in [0.15, 0.2) is 0 Å². The van der Waals surface area contributed by atoms with E-state index in [-0.39, 0.29) is 9.52 Å². The Morgan fingerprint density at radius 3 is 2.44 bits per heavy atom. The molecule has 0 radical (unpaired) electrons. The van der Waals surface area contributed by atoms with Crippen molar-refractivity contribution in [2.75, 3.05) is 6.61 Å². The monoisotopic (exact) mass is 246 g/mol. The number of rotatable bonds is 8. The van der Waals surface area contributed by atoms with E-state index in [1.807, 2.05) is 0 Å². The van der Waals surface area contributed by atoms with E-state index in [0.29, 0.717) is 11.6 Å². The van der Waals surface area contributed by atoms with Gasteiger partial charge in [0, 0.05) is 9.52 Å². The number of carboxylic acid groups (broad SMARTS) is 1. The Balaban J connectivity index is 3.46. The maximum absolute atomic E-state index is 10.1. The first-order chi connectivity index (χ1) is 7.33. The molecule has 0 saturated carbocycles. The lowest BCUT2D eigenvalue weighted by Crippen LogP contribution is -2.15.